The fraction of sp³-hybridized carbons (Fsp3) is 0.538. The first-order valence-electron chi connectivity index (χ1n) is 12.7. The molecule has 200 valence electrons. The maximum atomic E-state index is 12.8. The molecule has 2 amide bonds. The first-order chi connectivity index (χ1) is 17.7. The minimum atomic E-state index is -4.22. The summed E-state index contributed by atoms with van der Waals surface area (Å²) in [5, 5.41) is 6.32. The van der Waals surface area contributed by atoms with Gasteiger partial charge in [-0.2, -0.15) is 13.2 Å². The highest BCUT2D eigenvalue weighted by molar-refractivity contribution is 5.91. The van der Waals surface area contributed by atoms with Crippen molar-refractivity contribution in [3.63, 3.8) is 0 Å². The zero-order valence-corrected chi connectivity index (χ0v) is 20.8. The van der Waals surface area contributed by atoms with Crippen LogP contribution in [0.1, 0.15) is 18.4 Å². The van der Waals surface area contributed by atoms with Crippen LogP contribution in [0.2, 0.25) is 0 Å². The number of morpholine rings is 1. The Hall–Kier alpha value is -3.05. The summed E-state index contributed by atoms with van der Waals surface area (Å²) in [6.07, 6.45) is -4.72. The highest BCUT2D eigenvalue weighted by atomic mass is 19.4. The molecule has 3 aliphatic rings. The summed E-state index contributed by atoms with van der Waals surface area (Å²) in [7, 11) is 0. The number of carbonyl (C=O) groups is 1. The topological polar surface area (TPSA) is 79.0 Å². The van der Waals surface area contributed by atoms with E-state index in [1.807, 2.05) is 37.3 Å². The molecule has 4 heterocycles. The number of ether oxygens (including phenoxy) is 2. The number of hydrogen-bond acceptors (Lipinski definition) is 6. The second-order valence-corrected chi connectivity index (χ2v) is 9.96. The number of hydrogen-bond donors (Lipinski definition) is 2. The standard InChI is InChI=1S/C26H32F3N5O3/c1-17-2-3-20(31-25(35)34-5-4-18(14-34)13-26(27,28)29)12-22(17)19-10-23(30-21-15-37-16-21)32-24(11-19)33-6-8-36-9-7-33/h2-3,10-12,18,21H,4-9,13-16H2,1H3,(H,30,32)(H,31,35). The Morgan fingerprint density at radius 3 is 2.59 bits per heavy atom. The van der Waals surface area contributed by atoms with Crippen molar-refractivity contribution in [3.05, 3.63) is 35.9 Å². The molecule has 1 unspecified atom stereocenters. The van der Waals surface area contributed by atoms with E-state index in [1.165, 1.54) is 4.90 Å². The third kappa shape index (κ3) is 6.45. The molecule has 0 spiro atoms. The van der Waals surface area contributed by atoms with Crippen LogP contribution in [-0.2, 0) is 9.47 Å². The quantitative estimate of drug-likeness (QED) is 0.585. The van der Waals surface area contributed by atoms with Crippen LogP contribution in [0.4, 0.5) is 35.3 Å². The number of amides is 2. The van der Waals surface area contributed by atoms with Crippen molar-refractivity contribution in [3.8, 4) is 11.1 Å². The van der Waals surface area contributed by atoms with Crippen molar-refractivity contribution in [1.82, 2.24) is 9.88 Å². The number of rotatable bonds is 6. The highest BCUT2D eigenvalue weighted by Crippen LogP contribution is 2.33. The van der Waals surface area contributed by atoms with Gasteiger partial charge in [-0.25, -0.2) is 9.78 Å². The van der Waals surface area contributed by atoms with Crippen LogP contribution >= 0.6 is 0 Å². The van der Waals surface area contributed by atoms with Gasteiger partial charge < -0.3 is 29.9 Å². The van der Waals surface area contributed by atoms with E-state index in [1.54, 1.807) is 0 Å². The van der Waals surface area contributed by atoms with Crippen LogP contribution in [0.5, 0.6) is 0 Å². The number of benzene rings is 1. The number of nitrogens with one attached hydrogen (secondary N) is 2. The minimum Gasteiger partial charge on any atom is -0.378 e. The number of anilines is 3. The SMILES string of the molecule is Cc1ccc(NC(=O)N2CCC(CC(F)(F)F)C2)cc1-c1cc(NC2COC2)nc(N2CCOCC2)c1. The fourth-order valence-corrected chi connectivity index (χ4v) is 4.95. The lowest BCUT2D eigenvalue weighted by Crippen LogP contribution is -2.41. The van der Waals surface area contributed by atoms with Crippen molar-refractivity contribution in [2.45, 2.75) is 32.0 Å². The zero-order valence-electron chi connectivity index (χ0n) is 20.8. The van der Waals surface area contributed by atoms with E-state index in [2.05, 4.69) is 15.5 Å². The minimum absolute atomic E-state index is 0.108. The molecule has 3 aliphatic heterocycles. The molecule has 0 saturated carbocycles. The van der Waals surface area contributed by atoms with Gasteiger partial charge in [0.15, 0.2) is 0 Å². The molecule has 5 rings (SSSR count). The van der Waals surface area contributed by atoms with E-state index in [0.717, 1.165) is 41.4 Å². The van der Waals surface area contributed by atoms with Crippen LogP contribution in [0.25, 0.3) is 11.1 Å². The second kappa shape index (κ2) is 10.7. The lowest BCUT2D eigenvalue weighted by Gasteiger charge is -2.30. The number of carbonyl (C=O) groups excluding carboxylic acids is 1. The van der Waals surface area contributed by atoms with Gasteiger partial charge in [0.25, 0.3) is 0 Å². The first kappa shape index (κ1) is 25.6. The van der Waals surface area contributed by atoms with Crippen LogP contribution in [-0.4, -0.2) is 80.7 Å². The lowest BCUT2D eigenvalue weighted by atomic mass is 10.00. The smallest absolute Gasteiger partial charge is 0.378 e. The number of alkyl halides is 3. The summed E-state index contributed by atoms with van der Waals surface area (Å²) in [5.74, 6) is 1.06. The summed E-state index contributed by atoms with van der Waals surface area (Å²) in [5.41, 5.74) is 3.52. The van der Waals surface area contributed by atoms with Gasteiger partial charge in [-0.3, -0.25) is 0 Å². The van der Waals surface area contributed by atoms with Gasteiger partial charge in [0.1, 0.15) is 11.6 Å². The predicted octanol–water partition coefficient (Wildman–Crippen LogP) is 4.51. The summed E-state index contributed by atoms with van der Waals surface area (Å²) < 4.78 is 49.1. The molecular formula is C26H32F3N5O3. The van der Waals surface area contributed by atoms with E-state index in [0.29, 0.717) is 45.1 Å². The molecule has 0 bridgehead atoms. The molecule has 11 heteroatoms. The van der Waals surface area contributed by atoms with Crippen molar-refractivity contribution in [1.29, 1.82) is 0 Å². The molecule has 0 radical (unpaired) electrons. The Kier molecular flexibility index (Phi) is 7.43. The maximum Gasteiger partial charge on any atom is 0.389 e. The van der Waals surface area contributed by atoms with Crippen LogP contribution < -0.4 is 15.5 Å². The van der Waals surface area contributed by atoms with Gasteiger partial charge in [-0.1, -0.05) is 6.07 Å². The summed E-state index contributed by atoms with van der Waals surface area (Å²) in [4.78, 5) is 21.3. The highest BCUT2D eigenvalue weighted by Gasteiger charge is 2.36. The van der Waals surface area contributed by atoms with E-state index in [4.69, 9.17) is 14.5 Å². The molecule has 2 aromatic rings. The van der Waals surface area contributed by atoms with E-state index >= 15 is 0 Å². The third-order valence-electron chi connectivity index (χ3n) is 7.03. The first-order valence-corrected chi connectivity index (χ1v) is 12.7. The van der Waals surface area contributed by atoms with Gasteiger partial charge in [0, 0.05) is 38.3 Å². The normalized spacial score (nSPS) is 20.6. The Morgan fingerprint density at radius 1 is 1.11 bits per heavy atom. The van der Waals surface area contributed by atoms with Gasteiger partial charge in [0.2, 0.25) is 0 Å². The van der Waals surface area contributed by atoms with Gasteiger partial charge >= 0.3 is 12.2 Å². The Bertz CT molecular complexity index is 1120. The molecule has 3 fully saturated rings. The molecular weight excluding hydrogens is 487 g/mol. The second-order valence-electron chi connectivity index (χ2n) is 9.96. The summed E-state index contributed by atoms with van der Waals surface area (Å²) in [6, 6.07) is 9.54. The third-order valence-corrected chi connectivity index (χ3v) is 7.03. The van der Waals surface area contributed by atoms with Crippen LogP contribution in [0.15, 0.2) is 30.3 Å². The number of likely N-dealkylation sites (tertiary alicyclic amines) is 1. The largest absolute Gasteiger partial charge is 0.389 e. The molecule has 37 heavy (non-hydrogen) atoms. The molecule has 3 saturated heterocycles. The predicted molar refractivity (Wildman–Crippen MR) is 135 cm³/mol. The van der Waals surface area contributed by atoms with Gasteiger partial charge in [-0.05, 0) is 60.2 Å². The molecule has 1 atom stereocenters. The van der Waals surface area contributed by atoms with Crippen molar-refractivity contribution < 1.29 is 27.4 Å². The van der Waals surface area contributed by atoms with Crippen molar-refractivity contribution in [2.75, 3.05) is 68.1 Å². The lowest BCUT2D eigenvalue weighted by molar-refractivity contribution is -0.143. The van der Waals surface area contributed by atoms with Crippen molar-refractivity contribution in [2.24, 2.45) is 5.92 Å². The average molecular weight is 520 g/mol. The Labute approximate surface area is 214 Å². The molecule has 0 aliphatic carbocycles. The Morgan fingerprint density at radius 2 is 1.89 bits per heavy atom. The number of pyridine rings is 1. The van der Waals surface area contributed by atoms with Gasteiger partial charge in [0.05, 0.1) is 32.5 Å². The number of urea groups is 1. The summed E-state index contributed by atoms with van der Waals surface area (Å²) in [6.45, 7) is 6.50. The number of aryl methyl sites for hydroxylation is 1. The van der Waals surface area contributed by atoms with E-state index in [9.17, 15) is 18.0 Å². The Balaban J connectivity index is 1.35. The maximum absolute atomic E-state index is 12.8. The van der Waals surface area contributed by atoms with Gasteiger partial charge in [-0.15, -0.1) is 0 Å². The van der Waals surface area contributed by atoms with E-state index < -0.39 is 18.5 Å². The average Bonchev–Trinajstić information content (AvgIpc) is 3.30. The monoisotopic (exact) mass is 519 g/mol. The number of nitrogens with zero attached hydrogens (tertiary/aromatic N) is 3. The van der Waals surface area contributed by atoms with Crippen LogP contribution in [0.3, 0.4) is 0 Å². The number of aromatic nitrogens is 1. The van der Waals surface area contributed by atoms with Crippen molar-refractivity contribution >= 4 is 23.4 Å². The molecule has 2 N–H and O–H groups in total. The van der Waals surface area contributed by atoms with Crippen LogP contribution in [0, 0.1) is 12.8 Å². The number of halogens is 3. The van der Waals surface area contributed by atoms with E-state index in [-0.39, 0.29) is 18.6 Å². The fourth-order valence-electron chi connectivity index (χ4n) is 4.95. The molecule has 1 aromatic carbocycles. The molecule has 1 aromatic heterocycles. The zero-order chi connectivity index (χ0) is 26.0. The summed E-state index contributed by atoms with van der Waals surface area (Å²) >= 11 is 0. The molecule has 8 nitrogen and oxygen atoms in total.